The lowest BCUT2D eigenvalue weighted by Gasteiger charge is -2.21. The molecule has 0 fully saturated rings. The Morgan fingerprint density at radius 2 is 1.88 bits per heavy atom. The number of halogens is 1. The first kappa shape index (κ1) is 15.5. The lowest BCUT2D eigenvalue weighted by atomic mass is 9.99. The molecule has 0 bridgehead atoms. The van der Waals surface area contributed by atoms with E-state index in [4.69, 9.17) is 16.3 Å². The smallest absolute Gasteiger partial charge is 0.287 e. The Balaban J connectivity index is 1.85. The highest BCUT2D eigenvalue weighted by Crippen LogP contribution is 2.31. The lowest BCUT2D eigenvalue weighted by Crippen LogP contribution is -2.35. The predicted molar refractivity (Wildman–Crippen MR) is 96.8 cm³/mol. The summed E-state index contributed by atoms with van der Waals surface area (Å²) in [7, 11) is 1.57. The summed E-state index contributed by atoms with van der Waals surface area (Å²) in [4.78, 5) is 25.4. The number of H-pyrrole nitrogens is 1. The van der Waals surface area contributed by atoms with Gasteiger partial charge in [0.15, 0.2) is 0 Å². The van der Waals surface area contributed by atoms with Crippen molar-refractivity contribution in [2.24, 2.45) is 0 Å². The molecule has 2 aromatic carbocycles. The van der Waals surface area contributed by atoms with E-state index in [2.05, 4.69) is 10.4 Å². The minimum absolute atomic E-state index is 0.268. The summed E-state index contributed by atoms with van der Waals surface area (Å²) in [6.07, 6.45) is 0.369. The summed E-state index contributed by atoms with van der Waals surface area (Å²) >= 11 is 6.00. The van der Waals surface area contributed by atoms with E-state index in [0.29, 0.717) is 28.4 Å². The molecule has 1 aliphatic rings. The largest absolute Gasteiger partial charge is 0.497 e. The standard InChI is InChI=1S/C18H14ClN3O3/c1-25-13-6-4-12(5-7-13)22-18(24)14-8-10-2-3-11(19)9-15(10)20-16(14)17(23)21-22/h2-7,9,20H,8H2,1H3,(H,21,23). The van der Waals surface area contributed by atoms with Crippen LogP contribution in [0.15, 0.2) is 52.1 Å². The van der Waals surface area contributed by atoms with Crippen molar-refractivity contribution in [2.75, 3.05) is 12.4 Å². The second-order valence-corrected chi connectivity index (χ2v) is 6.17. The molecule has 0 saturated carbocycles. The SMILES string of the molecule is COc1ccc(-n2[nH]c(=O)c3c(c2=O)Cc2ccc(Cl)cc2N3)cc1. The van der Waals surface area contributed by atoms with Crippen molar-refractivity contribution in [1.82, 2.24) is 9.78 Å². The molecule has 0 atom stereocenters. The van der Waals surface area contributed by atoms with E-state index in [1.165, 1.54) is 4.68 Å². The van der Waals surface area contributed by atoms with Crippen LogP contribution < -0.4 is 21.2 Å². The van der Waals surface area contributed by atoms with Crippen LogP contribution in [0.3, 0.4) is 0 Å². The highest BCUT2D eigenvalue weighted by molar-refractivity contribution is 6.30. The Hall–Kier alpha value is -2.99. The molecular formula is C18H14ClN3O3. The molecule has 2 heterocycles. The molecule has 126 valence electrons. The molecule has 4 rings (SSSR count). The minimum atomic E-state index is -0.365. The molecule has 2 N–H and O–H groups in total. The Labute approximate surface area is 147 Å². The topological polar surface area (TPSA) is 76.1 Å². The Morgan fingerprint density at radius 3 is 2.60 bits per heavy atom. The van der Waals surface area contributed by atoms with Gasteiger partial charge in [0, 0.05) is 17.1 Å². The fourth-order valence-corrected chi connectivity index (χ4v) is 3.11. The summed E-state index contributed by atoms with van der Waals surface area (Å²) in [6, 6.07) is 12.3. The third-order valence-corrected chi connectivity index (χ3v) is 4.47. The fourth-order valence-electron chi connectivity index (χ4n) is 2.94. The van der Waals surface area contributed by atoms with Crippen LogP contribution in [0, 0.1) is 0 Å². The van der Waals surface area contributed by atoms with Gasteiger partial charge in [-0.1, -0.05) is 17.7 Å². The number of nitrogens with one attached hydrogen (secondary N) is 2. The van der Waals surface area contributed by atoms with Crippen molar-refractivity contribution in [3.05, 3.63) is 79.3 Å². The number of aromatic amines is 1. The van der Waals surface area contributed by atoms with E-state index in [1.807, 2.05) is 6.07 Å². The summed E-state index contributed by atoms with van der Waals surface area (Å²) in [5.74, 6) is 0.671. The molecule has 3 aromatic rings. The Bertz CT molecular complexity index is 1080. The summed E-state index contributed by atoms with van der Waals surface area (Å²) in [5, 5.41) is 6.21. The monoisotopic (exact) mass is 355 g/mol. The van der Waals surface area contributed by atoms with Crippen molar-refractivity contribution in [2.45, 2.75) is 6.42 Å². The van der Waals surface area contributed by atoms with E-state index >= 15 is 0 Å². The second kappa shape index (κ2) is 5.82. The fraction of sp³-hybridized carbons (Fsp3) is 0.111. The molecule has 0 unspecified atom stereocenters. The molecule has 1 aromatic heterocycles. The first-order valence-electron chi connectivity index (χ1n) is 7.65. The number of nitrogens with zero attached hydrogens (tertiary/aromatic N) is 1. The zero-order chi connectivity index (χ0) is 17.6. The van der Waals surface area contributed by atoms with Crippen LogP contribution in [0.1, 0.15) is 11.1 Å². The molecule has 6 nitrogen and oxygen atoms in total. The molecule has 25 heavy (non-hydrogen) atoms. The van der Waals surface area contributed by atoms with Gasteiger partial charge in [-0.15, -0.1) is 0 Å². The molecular weight excluding hydrogens is 342 g/mol. The first-order valence-corrected chi connectivity index (χ1v) is 8.02. The molecule has 0 spiro atoms. The number of methoxy groups -OCH3 is 1. The average molecular weight is 356 g/mol. The maximum Gasteiger partial charge on any atom is 0.287 e. The maximum absolute atomic E-state index is 12.9. The van der Waals surface area contributed by atoms with Crippen LogP contribution in [0.2, 0.25) is 5.02 Å². The summed E-state index contributed by atoms with van der Waals surface area (Å²) < 4.78 is 6.37. The maximum atomic E-state index is 12.9. The number of fused-ring (bicyclic) bond motifs is 2. The molecule has 0 aliphatic carbocycles. The quantitative estimate of drug-likeness (QED) is 0.579. The van der Waals surface area contributed by atoms with Gasteiger partial charge in [-0.05, 0) is 42.0 Å². The van der Waals surface area contributed by atoms with Gasteiger partial charge in [-0.25, -0.2) is 4.68 Å². The summed E-state index contributed by atoms with van der Waals surface area (Å²) in [6.45, 7) is 0. The van der Waals surface area contributed by atoms with Crippen LogP contribution in [-0.2, 0) is 6.42 Å². The number of anilines is 2. The predicted octanol–water partition coefficient (Wildman–Crippen LogP) is 2.84. The van der Waals surface area contributed by atoms with Crippen LogP contribution >= 0.6 is 11.6 Å². The normalized spacial score (nSPS) is 12.1. The Kier molecular flexibility index (Phi) is 3.62. The van der Waals surface area contributed by atoms with Crippen molar-refractivity contribution in [3.8, 4) is 11.4 Å². The highest BCUT2D eigenvalue weighted by atomic mass is 35.5. The molecule has 0 saturated heterocycles. The van der Waals surface area contributed by atoms with E-state index in [9.17, 15) is 9.59 Å². The van der Waals surface area contributed by atoms with Gasteiger partial charge in [0.25, 0.3) is 11.1 Å². The third-order valence-electron chi connectivity index (χ3n) is 4.23. The molecule has 1 aliphatic heterocycles. The van der Waals surface area contributed by atoms with Crippen LogP contribution in [-0.4, -0.2) is 16.9 Å². The van der Waals surface area contributed by atoms with E-state index in [0.717, 1.165) is 11.3 Å². The number of hydrogen-bond donors (Lipinski definition) is 2. The van der Waals surface area contributed by atoms with Gasteiger partial charge in [-0.2, -0.15) is 0 Å². The minimum Gasteiger partial charge on any atom is -0.497 e. The van der Waals surface area contributed by atoms with Gasteiger partial charge in [0.2, 0.25) is 0 Å². The second-order valence-electron chi connectivity index (χ2n) is 5.74. The number of aromatic nitrogens is 2. The molecule has 0 amide bonds. The first-order chi connectivity index (χ1) is 12.1. The number of benzene rings is 2. The average Bonchev–Trinajstić information content (AvgIpc) is 2.63. The van der Waals surface area contributed by atoms with E-state index in [-0.39, 0.29) is 16.8 Å². The van der Waals surface area contributed by atoms with Crippen molar-refractivity contribution in [1.29, 1.82) is 0 Å². The number of rotatable bonds is 2. The van der Waals surface area contributed by atoms with Crippen molar-refractivity contribution >= 4 is 23.0 Å². The van der Waals surface area contributed by atoms with Crippen LogP contribution in [0.5, 0.6) is 5.75 Å². The lowest BCUT2D eigenvalue weighted by molar-refractivity contribution is 0.414. The van der Waals surface area contributed by atoms with Crippen molar-refractivity contribution in [3.63, 3.8) is 0 Å². The number of ether oxygens (including phenoxy) is 1. The highest BCUT2D eigenvalue weighted by Gasteiger charge is 2.22. The van der Waals surface area contributed by atoms with Gasteiger partial charge >= 0.3 is 0 Å². The Morgan fingerprint density at radius 1 is 1.12 bits per heavy atom. The van der Waals surface area contributed by atoms with E-state index in [1.54, 1.807) is 43.5 Å². The molecule has 0 radical (unpaired) electrons. The third kappa shape index (κ3) is 2.60. The van der Waals surface area contributed by atoms with Gasteiger partial charge in [0.05, 0.1) is 18.4 Å². The van der Waals surface area contributed by atoms with Gasteiger partial charge in [0.1, 0.15) is 11.4 Å². The summed E-state index contributed by atoms with van der Waals surface area (Å²) in [5.41, 5.74) is 2.28. The van der Waals surface area contributed by atoms with Crippen LogP contribution in [0.25, 0.3) is 5.69 Å². The van der Waals surface area contributed by atoms with Gasteiger partial charge in [-0.3, -0.25) is 14.7 Å². The molecule has 7 heteroatoms. The zero-order valence-electron chi connectivity index (χ0n) is 13.3. The van der Waals surface area contributed by atoms with Crippen LogP contribution in [0.4, 0.5) is 11.4 Å². The van der Waals surface area contributed by atoms with Gasteiger partial charge < -0.3 is 10.1 Å². The van der Waals surface area contributed by atoms with Crippen molar-refractivity contribution < 1.29 is 4.74 Å². The zero-order valence-corrected chi connectivity index (χ0v) is 14.1. The van der Waals surface area contributed by atoms with E-state index < -0.39 is 0 Å². The number of hydrogen-bond acceptors (Lipinski definition) is 4.